The third-order valence-electron chi connectivity index (χ3n) is 1.54. The van der Waals surface area contributed by atoms with E-state index in [4.69, 9.17) is 9.47 Å². The summed E-state index contributed by atoms with van der Waals surface area (Å²) in [7, 11) is 5.97. The maximum atomic E-state index is 11.2. The number of hydrogen-bond donors (Lipinski definition) is 2. The van der Waals surface area contributed by atoms with Gasteiger partial charge >= 0.3 is 11.9 Å². The minimum absolute atomic E-state index is 0.0285. The SMILES string of the molecule is CN=C(NC)OC(=O)CC(=O)OC(=NC)NC. The summed E-state index contributed by atoms with van der Waals surface area (Å²) in [6.07, 6.45) is -0.526. The van der Waals surface area contributed by atoms with E-state index < -0.39 is 18.4 Å². The molecular weight excluding hydrogens is 228 g/mol. The van der Waals surface area contributed by atoms with Crippen LogP contribution in [0.2, 0.25) is 0 Å². The van der Waals surface area contributed by atoms with E-state index in [0.717, 1.165) is 0 Å². The zero-order valence-electron chi connectivity index (χ0n) is 10.2. The van der Waals surface area contributed by atoms with E-state index in [-0.39, 0.29) is 12.0 Å². The van der Waals surface area contributed by atoms with Crippen molar-refractivity contribution in [3.05, 3.63) is 0 Å². The number of nitrogens with zero attached hydrogens (tertiary/aromatic N) is 2. The Morgan fingerprint density at radius 3 is 1.53 bits per heavy atom. The Kier molecular flexibility index (Phi) is 7.07. The second kappa shape index (κ2) is 8.08. The van der Waals surface area contributed by atoms with Crippen LogP contribution in [0.1, 0.15) is 6.42 Å². The first kappa shape index (κ1) is 14.9. The first-order valence-corrected chi connectivity index (χ1v) is 4.77. The fourth-order valence-electron chi connectivity index (χ4n) is 0.823. The number of amidine groups is 2. The van der Waals surface area contributed by atoms with Crippen LogP contribution in [0.4, 0.5) is 0 Å². The van der Waals surface area contributed by atoms with Gasteiger partial charge in [0.05, 0.1) is 0 Å². The molecule has 0 heterocycles. The minimum atomic E-state index is -0.767. The number of hydrogen-bond acceptors (Lipinski definition) is 6. The van der Waals surface area contributed by atoms with Crippen molar-refractivity contribution in [3.8, 4) is 0 Å². The molecule has 0 atom stereocenters. The molecule has 0 aliphatic rings. The lowest BCUT2D eigenvalue weighted by molar-refractivity contribution is -0.145. The van der Waals surface area contributed by atoms with E-state index in [1.165, 1.54) is 28.2 Å². The topological polar surface area (TPSA) is 101 Å². The van der Waals surface area contributed by atoms with Gasteiger partial charge in [-0.15, -0.1) is 0 Å². The Morgan fingerprint density at radius 2 is 1.29 bits per heavy atom. The second-order valence-corrected chi connectivity index (χ2v) is 2.68. The third kappa shape index (κ3) is 6.13. The Morgan fingerprint density at radius 1 is 0.941 bits per heavy atom. The predicted molar refractivity (Wildman–Crippen MR) is 61.6 cm³/mol. The summed E-state index contributed by atoms with van der Waals surface area (Å²) in [6.45, 7) is 0. The van der Waals surface area contributed by atoms with E-state index in [1.807, 2.05) is 0 Å². The summed E-state index contributed by atoms with van der Waals surface area (Å²) in [4.78, 5) is 29.7. The smallest absolute Gasteiger partial charge is 0.324 e. The van der Waals surface area contributed by atoms with Crippen LogP contribution in [0, 0.1) is 0 Å². The lowest BCUT2D eigenvalue weighted by Crippen LogP contribution is -2.29. The largest absolute Gasteiger partial charge is 0.392 e. The van der Waals surface area contributed by atoms with Gasteiger partial charge in [-0.3, -0.25) is 9.59 Å². The van der Waals surface area contributed by atoms with Crippen molar-refractivity contribution in [3.63, 3.8) is 0 Å². The molecular formula is C9H16N4O4. The lowest BCUT2D eigenvalue weighted by Gasteiger charge is -2.06. The van der Waals surface area contributed by atoms with Crippen LogP contribution < -0.4 is 10.6 Å². The summed E-state index contributed by atoms with van der Waals surface area (Å²) in [5.41, 5.74) is 0. The zero-order chi connectivity index (χ0) is 13.3. The fraction of sp³-hybridized carbons (Fsp3) is 0.556. The minimum Gasteiger partial charge on any atom is -0.392 e. The van der Waals surface area contributed by atoms with Crippen molar-refractivity contribution < 1.29 is 19.1 Å². The Hall–Kier alpha value is -2.12. The molecule has 0 aromatic rings. The van der Waals surface area contributed by atoms with Crippen LogP contribution in [0.15, 0.2) is 9.98 Å². The summed E-state index contributed by atoms with van der Waals surface area (Å²) < 4.78 is 9.41. The molecule has 8 nitrogen and oxygen atoms in total. The number of nitrogens with one attached hydrogen (secondary N) is 2. The molecule has 17 heavy (non-hydrogen) atoms. The quantitative estimate of drug-likeness (QED) is 0.276. The van der Waals surface area contributed by atoms with Crippen molar-refractivity contribution in [1.82, 2.24) is 10.6 Å². The molecule has 0 saturated heterocycles. The highest BCUT2D eigenvalue weighted by atomic mass is 16.6. The zero-order valence-corrected chi connectivity index (χ0v) is 10.2. The summed E-state index contributed by atoms with van der Waals surface area (Å²) in [5.74, 6) is -1.53. The Balaban J connectivity index is 4.17. The van der Waals surface area contributed by atoms with Crippen LogP contribution in [-0.2, 0) is 19.1 Å². The lowest BCUT2D eigenvalue weighted by atomic mass is 10.4. The van der Waals surface area contributed by atoms with Gasteiger partial charge in [0.2, 0.25) is 0 Å². The van der Waals surface area contributed by atoms with Gasteiger partial charge in [0.25, 0.3) is 12.0 Å². The molecule has 0 aromatic carbocycles. The van der Waals surface area contributed by atoms with Crippen molar-refractivity contribution in [2.45, 2.75) is 6.42 Å². The third-order valence-corrected chi connectivity index (χ3v) is 1.54. The van der Waals surface area contributed by atoms with Crippen LogP contribution in [0.25, 0.3) is 0 Å². The highest BCUT2D eigenvalue weighted by Gasteiger charge is 2.15. The van der Waals surface area contributed by atoms with Gasteiger partial charge in [-0.1, -0.05) is 0 Å². The van der Waals surface area contributed by atoms with Gasteiger partial charge in [-0.05, 0) is 0 Å². The number of carbonyl (C=O) groups is 2. The number of ether oxygens (including phenoxy) is 2. The molecule has 96 valence electrons. The van der Waals surface area contributed by atoms with Gasteiger partial charge in [-0.25, -0.2) is 9.98 Å². The van der Waals surface area contributed by atoms with Crippen molar-refractivity contribution in [2.24, 2.45) is 9.98 Å². The molecule has 0 radical (unpaired) electrons. The van der Waals surface area contributed by atoms with E-state index >= 15 is 0 Å². The van der Waals surface area contributed by atoms with Gasteiger partial charge < -0.3 is 20.1 Å². The Labute approximate surface area is 99.1 Å². The van der Waals surface area contributed by atoms with Crippen LogP contribution in [-0.4, -0.2) is 52.2 Å². The van der Waals surface area contributed by atoms with Crippen molar-refractivity contribution in [2.75, 3.05) is 28.2 Å². The predicted octanol–water partition coefficient (Wildman–Crippen LogP) is -1.13. The fourth-order valence-corrected chi connectivity index (χ4v) is 0.823. The van der Waals surface area contributed by atoms with Gasteiger partial charge in [0, 0.05) is 28.2 Å². The molecule has 0 saturated carbocycles. The normalized spacial score (nSPS) is 11.8. The highest BCUT2D eigenvalue weighted by Crippen LogP contribution is 1.92. The molecule has 0 bridgehead atoms. The highest BCUT2D eigenvalue weighted by molar-refractivity contribution is 6.00. The Bertz CT molecular complexity index is 306. The molecule has 0 aliphatic carbocycles. The van der Waals surface area contributed by atoms with Crippen LogP contribution in [0.5, 0.6) is 0 Å². The number of rotatable bonds is 2. The molecule has 0 spiro atoms. The molecule has 0 aromatic heterocycles. The molecule has 0 rings (SSSR count). The monoisotopic (exact) mass is 244 g/mol. The molecule has 0 fully saturated rings. The van der Waals surface area contributed by atoms with E-state index in [0.29, 0.717) is 0 Å². The average molecular weight is 244 g/mol. The molecule has 0 amide bonds. The summed E-state index contributed by atoms with van der Waals surface area (Å²) in [5, 5.41) is 5.08. The van der Waals surface area contributed by atoms with Crippen molar-refractivity contribution in [1.29, 1.82) is 0 Å². The van der Waals surface area contributed by atoms with Gasteiger partial charge in [0.15, 0.2) is 0 Å². The molecule has 0 aliphatic heterocycles. The molecule has 0 unspecified atom stereocenters. The number of aliphatic imine (C=N–C) groups is 2. The molecule has 2 N–H and O–H groups in total. The number of carbonyl (C=O) groups excluding carboxylic acids is 2. The second-order valence-electron chi connectivity index (χ2n) is 2.68. The maximum Gasteiger partial charge on any atom is 0.324 e. The van der Waals surface area contributed by atoms with E-state index in [1.54, 1.807) is 0 Å². The first-order chi connectivity index (χ1) is 8.07. The summed E-state index contributed by atoms with van der Waals surface area (Å²) in [6, 6.07) is 0.0570. The van der Waals surface area contributed by atoms with Crippen LogP contribution >= 0.6 is 0 Å². The first-order valence-electron chi connectivity index (χ1n) is 4.77. The maximum absolute atomic E-state index is 11.2. The standard InChI is InChI=1S/C9H16N4O4/c1-10-8(11-2)16-6(14)5-7(15)17-9(12-3)13-4/h5H2,1-4H3,(H,10,11)(H,12,13). The van der Waals surface area contributed by atoms with Crippen LogP contribution in [0.3, 0.4) is 0 Å². The molecule has 8 heteroatoms. The number of esters is 2. The van der Waals surface area contributed by atoms with E-state index in [9.17, 15) is 9.59 Å². The van der Waals surface area contributed by atoms with Gasteiger partial charge in [-0.2, -0.15) is 0 Å². The average Bonchev–Trinajstić information content (AvgIpc) is 2.32. The summed E-state index contributed by atoms with van der Waals surface area (Å²) >= 11 is 0. The van der Waals surface area contributed by atoms with Gasteiger partial charge in [0.1, 0.15) is 6.42 Å². The van der Waals surface area contributed by atoms with Crippen molar-refractivity contribution >= 4 is 24.0 Å². The van der Waals surface area contributed by atoms with E-state index in [2.05, 4.69) is 20.6 Å².